The first-order valence-corrected chi connectivity index (χ1v) is 5.57. The molecule has 0 aliphatic rings. The third kappa shape index (κ3) is 3.25. The summed E-state index contributed by atoms with van der Waals surface area (Å²) < 4.78 is 37.2. The van der Waals surface area contributed by atoms with Crippen molar-refractivity contribution in [2.75, 3.05) is 5.32 Å². The molecular weight excluding hydrogens is 271 g/mol. The van der Waals surface area contributed by atoms with Gasteiger partial charge >= 0.3 is 6.18 Å². The lowest BCUT2D eigenvalue weighted by molar-refractivity contribution is -0.137. The predicted molar refractivity (Wildman–Crippen MR) is 67.5 cm³/mol. The zero-order valence-electron chi connectivity index (χ0n) is 10.1. The van der Waals surface area contributed by atoms with E-state index in [0.29, 0.717) is 11.5 Å². The molecule has 1 amide bonds. The van der Waals surface area contributed by atoms with Gasteiger partial charge in [-0.1, -0.05) is 6.07 Å². The van der Waals surface area contributed by atoms with Gasteiger partial charge in [-0.2, -0.15) is 13.2 Å². The average molecular weight is 281 g/mol. The Morgan fingerprint density at radius 3 is 2.30 bits per heavy atom. The van der Waals surface area contributed by atoms with Crippen LogP contribution in [0.3, 0.4) is 0 Å². The summed E-state index contributed by atoms with van der Waals surface area (Å²) in [6.07, 6.45) is -4.37. The third-order valence-electron chi connectivity index (χ3n) is 2.49. The maximum atomic E-state index is 12.4. The summed E-state index contributed by atoms with van der Waals surface area (Å²) in [5.74, 6) is -0.359. The third-order valence-corrected chi connectivity index (χ3v) is 2.49. The zero-order chi connectivity index (χ0) is 14.8. The van der Waals surface area contributed by atoms with E-state index in [1.807, 2.05) is 0 Å². The highest BCUT2D eigenvalue weighted by Gasteiger charge is 2.29. The van der Waals surface area contributed by atoms with Crippen molar-refractivity contribution in [3.8, 4) is 0 Å². The van der Waals surface area contributed by atoms with Crippen molar-refractivity contribution >= 4 is 17.4 Å². The number of aromatic nitrogens is 1. The monoisotopic (exact) mass is 281 g/mol. The van der Waals surface area contributed by atoms with Gasteiger partial charge < -0.3 is 11.1 Å². The Kier molecular flexibility index (Phi) is 3.60. The number of primary amides is 1. The van der Waals surface area contributed by atoms with Crippen LogP contribution in [-0.2, 0) is 6.18 Å². The number of anilines is 2. The van der Waals surface area contributed by atoms with Crippen molar-refractivity contribution in [2.45, 2.75) is 6.18 Å². The van der Waals surface area contributed by atoms with Gasteiger partial charge in [0.2, 0.25) is 0 Å². The molecule has 7 heteroatoms. The molecule has 0 aliphatic heterocycles. The molecule has 0 spiro atoms. The van der Waals surface area contributed by atoms with Crippen molar-refractivity contribution in [3.05, 3.63) is 53.7 Å². The van der Waals surface area contributed by atoms with E-state index in [4.69, 9.17) is 5.73 Å². The molecule has 0 aliphatic carbocycles. The Morgan fingerprint density at radius 2 is 1.75 bits per heavy atom. The molecule has 0 atom stereocenters. The Morgan fingerprint density at radius 1 is 1.10 bits per heavy atom. The van der Waals surface area contributed by atoms with Gasteiger partial charge in [0, 0.05) is 5.69 Å². The molecule has 0 saturated carbocycles. The van der Waals surface area contributed by atoms with Gasteiger partial charge in [0.25, 0.3) is 5.91 Å². The SMILES string of the molecule is NC(=O)c1cccc(Nc2ccc(C(F)(F)F)cc2)n1. The minimum absolute atomic E-state index is 0.0712. The van der Waals surface area contributed by atoms with E-state index >= 15 is 0 Å². The highest BCUT2D eigenvalue weighted by atomic mass is 19.4. The van der Waals surface area contributed by atoms with Crippen molar-refractivity contribution in [1.82, 2.24) is 4.98 Å². The number of carbonyl (C=O) groups excluding carboxylic acids is 1. The second-order valence-corrected chi connectivity index (χ2v) is 3.97. The van der Waals surface area contributed by atoms with Gasteiger partial charge in [0.05, 0.1) is 5.56 Å². The fraction of sp³-hybridized carbons (Fsp3) is 0.0769. The topological polar surface area (TPSA) is 68.0 Å². The van der Waals surface area contributed by atoms with Gasteiger partial charge in [-0.05, 0) is 36.4 Å². The van der Waals surface area contributed by atoms with Crippen LogP contribution < -0.4 is 11.1 Å². The van der Waals surface area contributed by atoms with E-state index in [2.05, 4.69) is 10.3 Å². The first kappa shape index (κ1) is 13.9. The number of rotatable bonds is 3. The Balaban J connectivity index is 2.18. The molecule has 0 saturated heterocycles. The standard InChI is InChI=1S/C13H10F3N3O/c14-13(15,16)8-4-6-9(7-5-8)18-11-3-1-2-10(19-11)12(17)20/h1-7H,(H2,17,20)(H,18,19). The average Bonchev–Trinajstić information content (AvgIpc) is 2.38. The summed E-state index contributed by atoms with van der Waals surface area (Å²) in [6.45, 7) is 0. The molecule has 2 rings (SSSR count). The predicted octanol–water partition coefficient (Wildman–Crippen LogP) is 2.94. The molecule has 4 nitrogen and oxygen atoms in total. The Bertz CT molecular complexity index is 624. The summed E-state index contributed by atoms with van der Waals surface area (Å²) >= 11 is 0. The molecular formula is C13H10F3N3O. The van der Waals surface area contributed by atoms with Gasteiger partial charge in [0.15, 0.2) is 0 Å². The van der Waals surface area contributed by atoms with Crippen molar-refractivity contribution in [3.63, 3.8) is 0 Å². The molecule has 0 bridgehead atoms. The molecule has 0 radical (unpaired) electrons. The number of carbonyl (C=O) groups is 1. The highest BCUT2D eigenvalue weighted by Crippen LogP contribution is 2.30. The summed E-state index contributed by atoms with van der Waals surface area (Å²) in [5.41, 5.74) is 4.85. The number of pyridine rings is 1. The molecule has 1 heterocycles. The number of halogens is 3. The number of alkyl halides is 3. The molecule has 0 fully saturated rings. The van der Waals surface area contributed by atoms with Crippen LogP contribution in [0.2, 0.25) is 0 Å². The van der Waals surface area contributed by atoms with E-state index in [1.54, 1.807) is 12.1 Å². The van der Waals surface area contributed by atoms with E-state index in [0.717, 1.165) is 12.1 Å². The van der Waals surface area contributed by atoms with Crippen LogP contribution in [-0.4, -0.2) is 10.9 Å². The largest absolute Gasteiger partial charge is 0.416 e. The van der Waals surface area contributed by atoms with Crippen LogP contribution in [0.5, 0.6) is 0 Å². The number of nitrogens with one attached hydrogen (secondary N) is 1. The van der Waals surface area contributed by atoms with Crippen LogP contribution in [0, 0.1) is 0 Å². The lowest BCUT2D eigenvalue weighted by Gasteiger charge is -2.09. The van der Waals surface area contributed by atoms with E-state index in [-0.39, 0.29) is 5.69 Å². The van der Waals surface area contributed by atoms with Crippen LogP contribution in [0.15, 0.2) is 42.5 Å². The van der Waals surface area contributed by atoms with Crippen LogP contribution in [0.25, 0.3) is 0 Å². The Hall–Kier alpha value is -2.57. The van der Waals surface area contributed by atoms with Gasteiger partial charge in [-0.3, -0.25) is 4.79 Å². The number of nitrogens with two attached hydrogens (primary N) is 1. The number of amides is 1. The van der Waals surface area contributed by atoms with Gasteiger partial charge in [-0.15, -0.1) is 0 Å². The summed E-state index contributed by atoms with van der Waals surface area (Å²) in [4.78, 5) is 14.9. The normalized spacial score (nSPS) is 11.2. The molecule has 0 unspecified atom stereocenters. The van der Waals surface area contributed by atoms with E-state index in [1.165, 1.54) is 18.2 Å². The minimum atomic E-state index is -4.37. The van der Waals surface area contributed by atoms with Crippen LogP contribution in [0.4, 0.5) is 24.7 Å². The summed E-state index contributed by atoms with van der Waals surface area (Å²) in [5, 5.41) is 2.79. The van der Waals surface area contributed by atoms with E-state index < -0.39 is 17.6 Å². The molecule has 3 N–H and O–H groups in total. The summed E-state index contributed by atoms with van der Waals surface area (Å²) in [6, 6.07) is 9.06. The van der Waals surface area contributed by atoms with Crippen molar-refractivity contribution in [1.29, 1.82) is 0 Å². The summed E-state index contributed by atoms with van der Waals surface area (Å²) in [7, 11) is 0. The first-order valence-electron chi connectivity index (χ1n) is 5.57. The smallest absolute Gasteiger partial charge is 0.364 e. The van der Waals surface area contributed by atoms with Crippen molar-refractivity contribution < 1.29 is 18.0 Å². The highest BCUT2D eigenvalue weighted by molar-refractivity contribution is 5.91. The number of hydrogen-bond donors (Lipinski definition) is 2. The second kappa shape index (κ2) is 5.20. The number of hydrogen-bond acceptors (Lipinski definition) is 3. The number of nitrogens with zero attached hydrogens (tertiary/aromatic N) is 1. The second-order valence-electron chi connectivity index (χ2n) is 3.97. The van der Waals surface area contributed by atoms with E-state index in [9.17, 15) is 18.0 Å². The molecule has 2 aromatic rings. The zero-order valence-corrected chi connectivity index (χ0v) is 10.1. The number of benzene rings is 1. The Labute approximate surface area is 112 Å². The molecule has 20 heavy (non-hydrogen) atoms. The maximum Gasteiger partial charge on any atom is 0.416 e. The maximum absolute atomic E-state index is 12.4. The van der Waals surface area contributed by atoms with Gasteiger partial charge in [0.1, 0.15) is 11.5 Å². The molecule has 1 aromatic heterocycles. The van der Waals surface area contributed by atoms with Crippen LogP contribution >= 0.6 is 0 Å². The fourth-order valence-electron chi connectivity index (χ4n) is 1.53. The van der Waals surface area contributed by atoms with Gasteiger partial charge in [-0.25, -0.2) is 4.98 Å². The fourth-order valence-corrected chi connectivity index (χ4v) is 1.53. The molecule has 1 aromatic carbocycles. The molecule has 104 valence electrons. The lowest BCUT2D eigenvalue weighted by atomic mass is 10.2. The van der Waals surface area contributed by atoms with Crippen LogP contribution in [0.1, 0.15) is 16.1 Å². The lowest BCUT2D eigenvalue weighted by Crippen LogP contribution is -2.13. The quantitative estimate of drug-likeness (QED) is 0.908. The van der Waals surface area contributed by atoms with Crippen molar-refractivity contribution in [2.24, 2.45) is 5.73 Å². The first-order chi connectivity index (χ1) is 9.36. The minimum Gasteiger partial charge on any atom is -0.364 e.